The number of nitrogens with zero attached hydrogens (tertiary/aromatic N) is 6. The average molecular weight is 628 g/mol. The molecule has 44 heavy (non-hydrogen) atoms. The molecule has 0 aromatic carbocycles. The number of rotatable bonds is 13. The van der Waals surface area contributed by atoms with Gasteiger partial charge in [-0.05, 0) is 19.9 Å². The van der Waals surface area contributed by atoms with E-state index < -0.39 is 31.7 Å². The smallest absolute Gasteiger partial charge is 0.330 e. The summed E-state index contributed by atoms with van der Waals surface area (Å²) >= 11 is 0. The first-order valence-corrected chi connectivity index (χ1v) is 16.1. The van der Waals surface area contributed by atoms with Crippen LogP contribution < -0.4 is 16.4 Å². The fourth-order valence-electron chi connectivity index (χ4n) is 4.97. The van der Waals surface area contributed by atoms with Gasteiger partial charge in [-0.25, -0.2) is 19.9 Å². The van der Waals surface area contributed by atoms with E-state index in [1.807, 2.05) is 18.4 Å². The van der Waals surface area contributed by atoms with Crippen molar-refractivity contribution in [2.75, 3.05) is 30.7 Å². The molecule has 0 bridgehead atoms. The van der Waals surface area contributed by atoms with Gasteiger partial charge in [-0.15, -0.1) is 0 Å². The van der Waals surface area contributed by atoms with Gasteiger partial charge in [0.05, 0.1) is 35.6 Å². The lowest BCUT2D eigenvalue weighted by atomic mass is 10.2. The van der Waals surface area contributed by atoms with Gasteiger partial charge >= 0.3 is 7.60 Å². The Labute approximate surface area is 254 Å². The number of nitrogen functional groups attached to an aromatic ring is 1. The van der Waals surface area contributed by atoms with Crippen molar-refractivity contribution in [2.24, 2.45) is 4.99 Å². The molecular formula is C28H38N9O6P. The maximum Gasteiger partial charge on any atom is 0.330 e. The Hall–Kier alpha value is -3.75. The third-order valence-corrected chi connectivity index (χ3v) is 9.04. The summed E-state index contributed by atoms with van der Waals surface area (Å²) in [5, 5.41) is 6.59. The number of nitrogens with two attached hydrogens (primary N) is 1. The topological polar surface area (TPSA) is 201 Å². The van der Waals surface area contributed by atoms with Crippen molar-refractivity contribution in [1.82, 2.24) is 29.8 Å². The van der Waals surface area contributed by atoms with Crippen LogP contribution in [0, 0.1) is 0 Å². The fourth-order valence-corrected chi connectivity index (χ4v) is 5.63. The number of carbonyl (C=O) groups is 1. The number of hydrogen-bond acceptors (Lipinski definition) is 12. The molecule has 15 nitrogen and oxygen atoms in total. The third kappa shape index (κ3) is 7.13. The van der Waals surface area contributed by atoms with Crippen molar-refractivity contribution in [2.45, 2.75) is 70.7 Å². The van der Waals surface area contributed by atoms with E-state index in [0.29, 0.717) is 48.3 Å². The molecule has 5 rings (SSSR count). The monoisotopic (exact) mass is 627 g/mol. The second kappa shape index (κ2) is 13.5. The number of ether oxygens (including phenoxy) is 2. The van der Waals surface area contributed by atoms with Gasteiger partial charge in [0.25, 0.3) is 0 Å². The molecule has 2 unspecified atom stereocenters. The zero-order valence-corrected chi connectivity index (χ0v) is 26.0. The summed E-state index contributed by atoms with van der Waals surface area (Å²) in [5.74, 6) is 0.586. The van der Waals surface area contributed by atoms with Gasteiger partial charge in [0.2, 0.25) is 5.91 Å². The fraction of sp³-hybridized carbons (Fsp3) is 0.500. The van der Waals surface area contributed by atoms with Crippen LogP contribution in [0.5, 0.6) is 0 Å². The first-order chi connectivity index (χ1) is 21.0. The number of nitrogens with one attached hydrogen (secondary N) is 2. The molecule has 3 aromatic heterocycles. The van der Waals surface area contributed by atoms with E-state index in [4.69, 9.17) is 19.7 Å². The molecule has 5 N–H and O–H groups in total. The van der Waals surface area contributed by atoms with Gasteiger partial charge in [-0.2, -0.15) is 0 Å². The average Bonchev–Trinajstić information content (AvgIpc) is 3.70. The summed E-state index contributed by atoms with van der Waals surface area (Å²) in [5.41, 5.74) is 8.44. The second-order valence-corrected chi connectivity index (χ2v) is 13.5. The Morgan fingerprint density at radius 1 is 1.23 bits per heavy atom. The Morgan fingerprint density at radius 2 is 2.02 bits per heavy atom. The highest BCUT2D eigenvalue weighted by Crippen LogP contribution is 2.48. The van der Waals surface area contributed by atoms with E-state index in [2.05, 4.69) is 35.6 Å². The molecule has 0 spiro atoms. The molecule has 0 radical (unpaired) electrons. The standard InChI is InChI=1S/C28H38N9O6P/c1-16(2)42-20-11-23(43-21(20)13-41-44(39,40)17(3)4)37-12-18(24-26(29)34-15-36-28(24)37)5-6-22(38)30-9-10-32-27-25-19(7-8-31-25)33-14-35-27/h5-6,8,12,14-17,20-21,23H,7,9-11,13H2,1-4H3,(H,30,38)(H,39,40)(H2,29,34,36)(H,32,33,35)/b6-5+/t20?,21-,23-/m1/s1. The molecule has 3 aromatic rings. The van der Waals surface area contributed by atoms with Crippen LogP contribution in [-0.2, 0) is 29.8 Å². The van der Waals surface area contributed by atoms with Gasteiger partial charge in [-0.3, -0.25) is 14.4 Å². The molecule has 1 fully saturated rings. The quantitative estimate of drug-likeness (QED) is 0.123. The van der Waals surface area contributed by atoms with Gasteiger partial charge in [0, 0.05) is 50.0 Å². The summed E-state index contributed by atoms with van der Waals surface area (Å²) in [6.07, 6.45) is 9.01. The summed E-state index contributed by atoms with van der Waals surface area (Å²) in [7, 11) is -3.80. The first kappa shape index (κ1) is 31.7. The van der Waals surface area contributed by atoms with E-state index in [1.54, 1.807) is 32.3 Å². The molecule has 0 aliphatic carbocycles. The van der Waals surface area contributed by atoms with Crippen LogP contribution in [0.1, 0.15) is 51.6 Å². The predicted octanol–water partition coefficient (Wildman–Crippen LogP) is 2.99. The van der Waals surface area contributed by atoms with Crippen molar-refractivity contribution in [3.05, 3.63) is 36.2 Å². The predicted molar refractivity (Wildman–Crippen MR) is 166 cm³/mol. The van der Waals surface area contributed by atoms with Crippen LogP contribution in [0.2, 0.25) is 0 Å². The van der Waals surface area contributed by atoms with Crippen molar-refractivity contribution in [1.29, 1.82) is 0 Å². The minimum atomic E-state index is -3.80. The minimum Gasteiger partial charge on any atom is -0.383 e. The number of carbonyl (C=O) groups excluding carboxylic acids is 1. The number of fused-ring (bicyclic) bond motifs is 2. The molecular weight excluding hydrogens is 589 g/mol. The van der Waals surface area contributed by atoms with E-state index in [0.717, 1.165) is 11.4 Å². The lowest BCUT2D eigenvalue weighted by Gasteiger charge is -2.23. The molecule has 0 saturated carbocycles. The molecule has 2 aliphatic heterocycles. The third-order valence-electron chi connectivity index (χ3n) is 7.22. The minimum absolute atomic E-state index is 0.0993. The molecule has 5 heterocycles. The summed E-state index contributed by atoms with van der Waals surface area (Å²) < 4.78 is 32.0. The van der Waals surface area contributed by atoms with E-state index >= 15 is 0 Å². The highest BCUT2D eigenvalue weighted by Gasteiger charge is 2.40. The zero-order chi connectivity index (χ0) is 31.4. The number of aliphatic imine (C=N–C) groups is 1. The highest BCUT2D eigenvalue weighted by atomic mass is 31.2. The molecule has 1 saturated heterocycles. The lowest BCUT2D eigenvalue weighted by Crippen LogP contribution is -2.31. The molecule has 1 amide bonds. The van der Waals surface area contributed by atoms with Crippen LogP contribution >= 0.6 is 7.60 Å². The number of aromatic nitrogens is 5. The lowest BCUT2D eigenvalue weighted by molar-refractivity contribution is -0.116. The van der Waals surface area contributed by atoms with Crippen molar-refractivity contribution in [3.63, 3.8) is 0 Å². The Balaban J connectivity index is 1.26. The molecule has 236 valence electrons. The first-order valence-electron chi connectivity index (χ1n) is 14.5. The second-order valence-electron chi connectivity index (χ2n) is 11.1. The maximum atomic E-state index is 12.6. The normalized spacial score (nSPS) is 21.0. The van der Waals surface area contributed by atoms with Gasteiger partial charge < -0.3 is 39.8 Å². The summed E-state index contributed by atoms with van der Waals surface area (Å²) in [4.78, 5) is 44.2. The van der Waals surface area contributed by atoms with Crippen LogP contribution in [0.25, 0.3) is 17.1 Å². The molecule has 16 heteroatoms. The summed E-state index contributed by atoms with van der Waals surface area (Å²) in [6, 6.07) is 0. The highest BCUT2D eigenvalue weighted by molar-refractivity contribution is 7.53. The van der Waals surface area contributed by atoms with Crippen molar-refractivity contribution in [3.8, 4) is 0 Å². The number of amides is 1. The van der Waals surface area contributed by atoms with Gasteiger partial charge in [0.15, 0.2) is 5.82 Å². The van der Waals surface area contributed by atoms with Gasteiger partial charge in [0.1, 0.15) is 42.1 Å². The number of hydrogen-bond donors (Lipinski definition) is 4. The van der Waals surface area contributed by atoms with Crippen LogP contribution in [0.3, 0.4) is 0 Å². The Morgan fingerprint density at radius 3 is 2.80 bits per heavy atom. The van der Waals surface area contributed by atoms with E-state index in [-0.39, 0.29) is 24.4 Å². The Kier molecular flexibility index (Phi) is 9.71. The van der Waals surface area contributed by atoms with Crippen LogP contribution in [0.15, 0.2) is 29.9 Å². The van der Waals surface area contributed by atoms with Crippen molar-refractivity contribution < 1.29 is 28.3 Å². The van der Waals surface area contributed by atoms with E-state index in [1.165, 1.54) is 18.7 Å². The number of anilines is 2. The SMILES string of the molecule is CC(C)OC1C[C@H](n2cc(/C=C/C(=O)NCCNc3ncnc4c3N=CC4)c3c(N)ncnc32)O[C@@H]1COP(=O)(O)C(C)C. The van der Waals surface area contributed by atoms with Crippen LogP contribution in [-0.4, -0.2) is 85.2 Å². The van der Waals surface area contributed by atoms with E-state index in [9.17, 15) is 14.3 Å². The van der Waals surface area contributed by atoms with Gasteiger partial charge in [-0.1, -0.05) is 13.8 Å². The van der Waals surface area contributed by atoms with Crippen molar-refractivity contribution >= 4 is 54.2 Å². The Bertz CT molecular complexity index is 1610. The molecule has 2 aliphatic rings. The molecule has 4 atom stereocenters. The summed E-state index contributed by atoms with van der Waals surface area (Å²) in [6.45, 7) is 7.78. The van der Waals surface area contributed by atoms with Crippen LogP contribution in [0.4, 0.5) is 17.3 Å². The largest absolute Gasteiger partial charge is 0.383 e. The zero-order valence-electron chi connectivity index (χ0n) is 25.1. The maximum absolute atomic E-state index is 12.6.